The summed E-state index contributed by atoms with van der Waals surface area (Å²) in [6.45, 7) is 0. The number of imidazole rings is 3. The van der Waals surface area contributed by atoms with Gasteiger partial charge in [0.1, 0.15) is 19.0 Å². The summed E-state index contributed by atoms with van der Waals surface area (Å²) >= 11 is 0. The molecule has 0 unspecified atom stereocenters. The van der Waals surface area contributed by atoms with Crippen molar-refractivity contribution in [3.8, 4) is 28.2 Å². The van der Waals surface area contributed by atoms with Gasteiger partial charge in [0, 0.05) is 5.56 Å². The maximum absolute atomic E-state index is 4.70. The topological polar surface area (TPSA) is 53.5 Å². The average Bonchev–Trinajstić information content (AvgIpc) is 3.74. The Balaban J connectivity index is 1.39. The first-order valence-electron chi connectivity index (χ1n) is 12.9. The Morgan fingerprint density at radius 1 is 0.385 bits per heavy atom. The molecule has 6 nitrogen and oxygen atoms in total. The molecular weight excluding hydrogens is 480 g/mol. The van der Waals surface area contributed by atoms with Crippen molar-refractivity contribution in [1.82, 2.24) is 28.7 Å². The smallest absolute Gasteiger partial charge is 0.100 e. The molecular formula is C33H22N6. The molecule has 0 N–H and O–H groups in total. The van der Waals surface area contributed by atoms with Gasteiger partial charge in [-0.25, -0.2) is 15.0 Å². The molecule has 0 spiro atoms. The molecule has 0 saturated carbocycles. The van der Waals surface area contributed by atoms with Gasteiger partial charge < -0.3 is 0 Å². The van der Waals surface area contributed by atoms with Gasteiger partial charge in [0.2, 0.25) is 0 Å². The van der Waals surface area contributed by atoms with Crippen LogP contribution in [0.15, 0.2) is 134 Å². The Morgan fingerprint density at radius 3 is 1.44 bits per heavy atom. The highest BCUT2D eigenvalue weighted by molar-refractivity contribution is 5.85. The monoisotopic (exact) mass is 502 g/mol. The normalized spacial score (nSPS) is 11.6. The summed E-state index contributed by atoms with van der Waals surface area (Å²) in [7, 11) is 0. The molecule has 0 radical (unpaired) electrons. The van der Waals surface area contributed by atoms with Crippen LogP contribution in [0, 0.1) is 0 Å². The van der Waals surface area contributed by atoms with Gasteiger partial charge in [-0.3, -0.25) is 13.7 Å². The number of hydrogen-bond acceptors (Lipinski definition) is 3. The summed E-state index contributed by atoms with van der Waals surface area (Å²) in [4.78, 5) is 14.0. The Morgan fingerprint density at radius 2 is 0.846 bits per heavy atom. The third-order valence-electron chi connectivity index (χ3n) is 7.33. The van der Waals surface area contributed by atoms with Gasteiger partial charge in [-0.1, -0.05) is 60.7 Å². The van der Waals surface area contributed by atoms with Crippen LogP contribution in [0.4, 0.5) is 0 Å². The van der Waals surface area contributed by atoms with Crippen LogP contribution in [-0.2, 0) is 0 Å². The van der Waals surface area contributed by atoms with Crippen molar-refractivity contribution in [3.63, 3.8) is 0 Å². The van der Waals surface area contributed by atoms with Gasteiger partial charge in [-0.2, -0.15) is 0 Å². The standard InChI is InChI=1S/C33H22N6/c1-5-13-28(37-20-34-25-10-2-6-14-29(25)37)24(9-1)23-17-18-32(38-21-35-26-11-3-7-15-30(26)38)33(19-23)39-22-36-27-12-4-8-16-31(27)39/h1-22H. The molecule has 0 aliphatic heterocycles. The third kappa shape index (κ3) is 3.39. The van der Waals surface area contributed by atoms with Crippen molar-refractivity contribution in [1.29, 1.82) is 0 Å². The zero-order valence-corrected chi connectivity index (χ0v) is 20.9. The minimum absolute atomic E-state index is 0.953. The van der Waals surface area contributed by atoms with Crippen LogP contribution in [0.25, 0.3) is 61.3 Å². The van der Waals surface area contributed by atoms with E-state index < -0.39 is 0 Å². The number of nitrogens with zero attached hydrogens (tertiary/aromatic N) is 6. The second kappa shape index (κ2) is 8.53. The van der Waals surface area contributed by atoms with Crippen molar-refractivity contribution in [2.75, 3.05) is 0 Å². The zero-order chi connectivity index (χ0) is 25.8. The predicted molar refractivity (Wildman–Crippen MR) is 156 cm³/mol. The fourth-order valence-corrected chi connectivity index (χ4v) is 5.47. The highest BCUT2D eigenvalue weighted by atomic mass is 15.1. The Hall–Kier alpha value is -5.49. The maximum Gasteiger partial charge on any atom is 0.100 e. The van der Waals surface area contributed by atoms with E-state index in [9.17, 15) is 0 Å². The maximum atomic E-state index is 4.70. The van der Waals surface area contributed by atoms with E-state index in [4.69, 9.17) is 4.98 Å². The minimum Gasteiger partial charge on any atom is -0.298 e. The van der Waals surface area contributed by atoms with Crippen molar-refractivity contribution in [2.24, 2.45) is 0 Å². The lowest BCUT2D eigenvalue weighted by Crippen LogP contribution is -2.03. The van der Waals surface area contributed by atoms with E-state index in [0.29, 0.717) is 0 Å². The summed E-state index contributed by atoms with van der Waals surface area (Å²) in [6, 6.07) is 39.7. The van der Waals surface area contributed by atoms with Crippen LogP contribution in [0.1, 0.15) is 0 Å². The molecule has 0 aliphatic carbocycles. The summed E-state index contributed by atoms with van der Waals surface area (Å²) in [5, 5.41) is 0. The average molecular weight is 503 g/mol. The molecule has 6 heteroatoms. The third-order valence-corrected chi connectivity index (χ3v) is 7.33. The van der Waals surface area contributed by atoms with Gasteiger partial charge in [0.25, 0.3) is 0 Å². The molecule has 3 aromatic heterocycles. The van der Waals surface area contributed by atoms with Gasteiger partial charge in [-0.05, 0) is 60.2 Å². The van der Waals surface area contributed by atoms with Crippen LogP contribution < -0.4 is 0 Å². The molecule has 39 heavy (non-hydrogen) atoms. The van der Waals surface area contributed by atoms with Crippen molar-refractivity contribution in [2.45, 2.75) is 0 Å². The molecule has 0 saturated heterocycles. The lowest BCUT2D eigenvalue weighted by molar-refractivity contribution is 1.02. The predicted octanol–water partition coefficient (Wildman–Crippen LogP) is 7.37. The number of hydrogen-bond donors (Lipinski definition) is 0. The lowest BCUT2D eigenvalue weighted by Gasteiger charge is -2.17. The first-order chi connectivity index (χ1) is 19.3. The molecule has 5 aromatic carbocycles. The molecule has 0 bridgehead atoms. The Kier molecular flexibility index (Phi) is 4.72. The number of para-hydroxylation sites is 7. The second-order valence-corrected chi connectivity index (χ2v) is 9.53. The quantitative estimate of drug-likeness (QED) is 0.252. The van der Waals surface area contributed by atoms with Crippen LogP contribution in [0.2, 0.25) is 0 Å². The van der Waals surface area contributed by atoms with Crippen molar-refractivity contribution >= 4 is 33.1 Å². The van der Waals surface area contributed by atoms with E-state index in [0.717, 1.165) is 61.3 Å². The van der Waals surface area contributed by atoms with Gasteiger partial charge in [0.15, 0.2) is 0 Å². The SMILES string of the molecule is c1ccc(-n2cnc3ccccc32)c(-c2ccc(-n3cnc4ccccc43)c(-n3cnc4ccccc43)c2)c1. The van der Waals surface area contributed by atoms with E-state index in [-0.39, 0.29) is 0 Å². The van der Waals surface area contributed by atoms with Crippen molar-refractivity contribution in [3.05, 3.63) is 134 Å². The van der Waals surface area contributed by atoms with Gasteiger partial charge >= 0.3 is 0 Å². The van der Waals surface area contributed by atoms with E-state index in [2.05, 4.69) is 96.5 Å². The second-order valence-electron chi connectivity index (χ2n) is 9.53. The van der Waals surface area contributed by atoms with Gasteiger partial charge in [-0.15, -0.1) is 0 Å². The van der Waals surface area contributed by atoms with Crippen LogP contribution in [0.3, 0.4) is 0 Å². The number of rotatable bonds is 4. The summed E-state index contributed by atoms with van der Waals surface area (Å²) in [6.07, 6.45) is 5.70. The first-order valence-corrected chi connectivity index (χ1v) is 12.9. The minimum atomic E-state index is 0.953. The van der Waals surface area contributed by atoms with E-state index in [1.807, 2.05) is 61.4 Å². The molecule has 8 aromatic rings. The number of benzene rings is 5. The fraction of sp³-hybridized carbons (Fsp3) is 0. The van der Waals surface area contributed by atoms with Crippen LogP contribution in [-0.4, -0.2) is 28.7 Å². The summed E-state index contributed by atoms with van der Waals surface area (Å²) < 4.78 is 6.48. The highest BCUT2D eigenvalue weighted by Gasteiger charge is 2.16. The van der Waals surface area contributed by atoms with Crippen LogP contribution in [0.5, 0.6) is 0 Å². The number of fused-ring (bicyclic) bond motifs is 3. The van der Waals surface area contributed by atoms with E-state index in [1.54, 1.807) is 0 Å². The number of aromatic nitrogens is 6. The molecule has 0 fully saturated rings. The molecule has 3 heterocycles. The molecule has 8 rings (SSSR count). The molecule has 184 valence electrons. The highest BCUT2D eigenvalue weighted by Crippen LogP contribution is 2.34. The van der Waals surface area contributed by atoms with Crippen molar-refractivity contribution < 1.29 is 0 Å². The Bertz CT molecular complexity index is 2150. The molecule has 0 atom stereocenters. The molecule has 0 aliphatic rings. The van der Waals surface area contributed by atoms with E-state index >= 15 is 0 Å². The Labute approximate surface area is 224 Å². The summed E-state index contributed by atoms with van der Waals surface area (Å²) in [5.41, 5.74) is 11.4. The largest absolute Gasteiger partial charge is 0.298 e. The lowest BCUT2D eigenvalue weighted by atomic mass is 10.0. The fourth-order valence-electron chi connectivity index (χ4n) is 5.47. The zero-order valence-electron chi connectivity index (χ0n) is 20.9. The van der Waals surface area contributed by atoms with Gasteiger partial charge in [0.05, 0.1) is 50.2 Å². The summed E-state index contributed by atoms with van der Waals surface area (Å²) in [5.74, 6) is 0. The molecule has 0 amide bonds. The van der Waals surface area contributed by atoms with Crippen LogP contribution >= 0.6 is 0 Å². The first kappa shape index (κ1) is 21.6. The van der Waals surface area contributed by atoms with E-state index in [1.165, 1.54) is 0 Å².